The number of hydrogen-bond acceptors (Lipinski definition) is 3. The van der Waals surface area contributed by atoms with Crippen molar-refractivity contribution in [1.82, 2.24) is 0 Å². The maximum atomic E-state index is 11.6. The van der Waals surface area contributed by atoms with Gasteiger partial charge in [0.25, 0.3) is 5.50 Å². The molecule has 1 unspecified atom stereocenters. The van der Waals surface area contributed by atoms with Crippen LogP contribution in [0.15, 0.2) is 0 Å². The van der Waals surface area contributed by atoms with Crippen LogP contribution in [0.1, 0.15) is 0 Å². The summed E-state index contributed by atoms with van der Waals surface area (Å²) >= 11 is 0. The first-order valence-electron chi connectivity index (χ1n) is 1.78. The van der Waals surface area contributed by atoms with E-state index in [0.29, 0.717) is 0 Å². The molecule has 3 nitrogen and oxygen atoms in total. The van der Waals surface area contributed by atoms with Gasteiger partial charge in [0.1, 0.15) is 6.67 Å². The minimum absolute atomic E-state index is 1.81. The minimum atomic E-state index is -4.96. The molecule has 9 heavy (non-hydrogen) atoms. The van der Waals surface area contributed by atoms with Gasteiger partial charge in [-0.2, -0.15) is 8.42 Å². The highest BCUT2D eigenvalue weighted by molar-refractivity contribution is 7.87. The van der Waals surface area contributed by atoms with E-state index in [0.717, 1.165) is 0 Å². The van der Waals surface area contributed by atoms with Crippen LogP contribution in [0, 0.1) is 0 Å². The largest absolute Gasteiger partial charge is 0.332 e. The minimum Gasteiger partial charge on any atom is -0.247 e. The summed E-state index contributed by atoms with van der Waals surface area (Å²) in [6, 6.07) is 0. The van der Waals surface area contributed by atoms with Gasteiger partial charge in [-0.05, 0) is 4.53 Å². The van der Waals surface area contributed by atoms with E-state index in [1.54, 1.807) is 0 Å². The molecule has 0 N–H and O–H groups in total. The fourth-order valence-corrected chi connectivity index (χ4v) is 0.350. The molecule has 0 bridgehead atoms. The Hall–Kier alpha value is -0.300. The number of halogens is 3. The Morgan fingerprint density at radius 2 is 2.00 bits per heavy atom. The van der Waals surface area contributed by atoms with E-state index < -0.39 is 22.3 Å². The molecule has 0 radical (unpaired) electrons. The lowest BCUT2D eigenvalue weighted by Gasteiger charge is -1.96. The van der Waals surface area contributed by atoms with E-state index in [1.807, 2.05) is 0 Å². The average molecular weight is 164 g/mol. The van der Waals surface area contributed by atoms with Gasteiger partial charge >= 0.3 is 10.1 Å². The van der Waals surface area contributed by atoms with Gasteiger partial charge in [-0.15, -0.1) is 0 Å². The summed E-state index contributed by atoms with van der Waals surface area (Å²) in [5, 5.41) is 0. The van der Waals surface area contributed by atoms with Crippen LogP contribution in [0.3, 0.4) is 0 Å². The van der Waals surface area contributed by atoms with Gasteiger partial charge in [-0.25, -0.2) is 8.78 Å². The molecule has 0 fully saturated rings. The van der Waals surface area contributed by atoms with E-state index in [1.165, 1.54) is 0 Å². The highest BCUT2D eigenvalue weighted by Gasteiger charge is 2.26. The number of alkyl halides is 2. The lowest BCUT2D eigenvalue weighted by Crippen LogP contribution is -2.17. The Balaban J connectivity index is 4.17. The lowest BCUT2D eigenvalue weighted by molar-refractivity contribution is -0.00285. The van der Waals surface area contributed by atoms with Crippen molar-refractivity contribution in [2.75, 3.05) is 6.67 Å². The molecular weight excluding hydrogens is 161 g/mol. The quantitative estimate of drug-likeness (QED) is 0.609. The molecule has 0 aromatic heterocycles. The topological polar surface area (TPSA) is 43.4 Å². The second-order valence-electron chi connectivity index (χ2n) is 1.12. The molecule has 0 saturated heterocycles. The van der Waals surface area contributed by atoms with Gasteiger partial charge in [0.05, 0.1) is 0 Å². The van der Waals surface area contributed by atoms with E-state index in [-0.39, 0.29) is 0 Å². The highest BCUT2D eigenvalue weighted by Crippen LogP contribution is 2.05. The number of rotatable bonds is 3. The molecule has 0 heterocycles. The Morgan fingerprint density at radius 1 is 1.56 bits per heavy atom. The summed E-state index contributed by atoms with van der Waals surface area (Å²) in [5.41, 5.74) is -2.93. The zero-order valence-electron chi connectivity index (χ0n) is 4.05. The van der Waals surface area contributed by atoms with Crippen LogP contribution >= 0.6 is 0 Å². The van der Waals surface area contributed by atoms with E-state index in [4.69, 9.17) is 0 Å². The van der Waals surface area contributed by atoms with Crippen molar-refractivity contribution >= 4 is 10.1 Å². The van der Waals surface area contributed by atoms with Crippen LogP contribution in [-0.2, 0) is 14.5 Å². The molecule has 0 aliphatic heterocycles. The molecule has 1 atom stereocenters. The van der Waals surface area contributed by atoms with Gasteiger partial charge in [-0.1, -0.05) is 4.39 Å². The van der Waals surface area contributed by atoms with E-state index in [9.17, 15) is 21.7 Å². The molecule has 0 spiro atoms. The van der Waals surface area contributed by atoms with Gasteiger partial charge in [-0.3, -0.25) is 0 Å². The summed E-state index contributed by atoms with van der Waals surface area (Å²) in [6.45, 7) is -1.81. The van der Waals surface area contributed by atoms with Crippen molar-refractivity contribution in [2.45, 2.75) is 5.50 Å². The summed E-state index contributed by atoms with van der Waals surface area (Å²) < 4.78 is 54.9. The second kappa shape index (κ2) is 3.02. The first-order valence-corrected chi connectivity index (χ1v) is 3.26. The van der Waals surface area contributed by atoms with E-state index >= 15 is 0 Å². The molecule has 7 heteroatoms. The first-order chi connectivity index (χ1) is 4.04. The Labute approximate surface area is 49.4 Å². The SMILES string of the molecule is O=S(=O)(OF)C(F)CF. The molecule has 0 aromatic carbocycles. The predicted molar refractivity (Wildman–Crippen MR) is 22.0 cm³/mol. The van der Waals surface area contributed by atoms with E-state index in [2.05, 4.69) is 4.39 Å². The van der Waals surface area contributed by atoms with Gasteiger partial charge < -0.3 is 0 Å². The first kappa shape index (κ1) is 8.70. The summed E-state index contributed by atoms with van der Waals surface area (Å²) in [6.07, 6.45) is 0. The van der Waals surface area contributed by atoms with Crippen molar-refractivity contribution in [1.29, 1.82) is 0 Å². The molecule has 0 aromatic rings. The van der Waals surface area contributed by atoms with Crippen LogP contribution in [0.5, 0.6) is 0 Å². The fraction of sp³-hybridized carbons (Fsp3) is 1.00. The zero-order chi connectivity index (χ0) is 7.49. The van der Waals surface area contributed by atoms with Crippen molar-refractivity contribution in [3.8, 4) is 0 Å². The van der Waals surface area contributed by atoms with Crippen molar-refractivity contribution < 1.29 is 26.1 Å². The number of hydrogen-bond donors (Lipinski definition) is 0. The zero-order valence-corrected chi connectivity index (χ0v) is 4.87. The Morgan fingerprint density at radius 3 is 2.11 bits per heavy atom. The molecular formula is C2H3F3O3S. The average Bonchev–Trinajstić information content (AvgIpc) is 1.86. The summed E-state index contributed by atoms with van der Waals surface area (Å²) in [5.74, 6) is 0. The van der Waals surface area contributed by atoms with Gasteiger partial charge in [0, 0.05) is 0 Å². The van der Waals surface area contributed by atoms with Crippen molar-refractivity contribution in [2.24, 2.45) is 0 Å². The molecule has 0 aliphatic rings. The third-order valence-corrected chi connectivity index (χ3v) is 1.45. The monoisotopic (exact) mass is 164 g/mol. The maximum Gasteiger partial charge on any atom is 0.332 e. The van der Waals surface area contributed by atoms with Gasteiger partial charge in [0.2, 0.25) is 0 Å². The maximum absolute atomic E-state index is 11.6. The lowest BCUT2D eigenvalue weighted by atomic mass is 10.9. The van der Waals surface area contributed by atoms with Crippen molar-refractivity contribution in [3.63, 3.8) is 0 Å². The van der Waals surface area contributed by atoms with Crippen LogP contribution in [0.4, 0.5) is 13.3 Å². The molecule has 0 saturated carbocycles. The Bertz CT molecular complexity index is 164. The fourth-order valence-electron chi connectivity index (χ4n) is 0.117. The molecule has 0 rings (SSSR count). The Kier molecular flexibility index (Phi) is 2.92. The van der Waals surface area contributed by atoms with Crippen LogP contribution in [0.2, 0.25) is 0 Å². The normalized spacial score (nSPS) is 15.4. The van der Waals surface area contributed by atoms with Gasteiger partial charge in [0.15, 0.2) is 0 Å². The molecule has 56 valence electrons. The second-order valence-corrected chi connectivity index (χ2v) is 2.74. The highest BCUT2D eigenvalue weighted by atomic mass is 32.2. The van der Waals surface area contributed by atoms with Crippen LogP contribution < -0.4 is 0 Å². The molecule has 0 aliphatic carbocycles. The predicted octanol–water partition coefficient (Wildman–Crippen LogP) is 0.482. The standard InChI is InChI=1S/C2H3F3O3S/c3-1-2(4)9(6,7)8-5/h2H,1H2. The third-order valence-electron chi connectivity index (χ3n) is 0.522. The smallest absolute Gasteiger partial charge is 0.247 e. The third kappa shape index (κ3) is 2.19. The molecule has 0 amide bonds. The van der Waals surface area contributed by atoms with Crippen molar-refractivity contribution in [3.05, 3.63) is 0 Å². The summed E-state index contributed by atoms with van der Waals surface area (Å²) in [7, 11) is -4.96. The van der Waals surface area contributed by atoms with Crippen LogP contribution in [-0.4, -0.2) is 20.6 Å². The summed E-state index contributed by atoms with van der Waals surface area (Å²) in [4.78, 5) is 0. The van der Waals surface area contributed by atoms with Crippen LogP contribution in [0.25, 0.3) is 0 Å².